The molecule has 0 saturated carbocycles. The van der Waals surface area contributed by atoms with Gasteiger partial charge in [0.25, 0.3) is 5.91 Å². The van der Waals surface area contributed by atoms with Crippen LogP contribution in [0.25, 0.3) is 22.0 Å². The van der Waals surface area contributed by atoms with Crippen LogP contribution in [0.4, 0.5) is 5.82 Å². The van der Waals surface area contributed by atoms with E-state index in [2.05, 4.69) is 25.8 Å². The zero-order valence-electron chi connectivity index (χ0n) is 16.6. The third-order valence-electron chi connectivity index (χ3n) is 5.20. The van der Waals surface area contributed by atoms with Gasteiger partial charge >= 0.3 is 0 Å². The Morgan fingerprint density at radius 3 is 2.48 bits per heavy atom. The van der Waals surface area contributed by atoms with Gasteiger partial charge in [-0.1, -0.05) is 30.3 Å². The van der Waals surface area contributed by atoms with Crippen molar-refractivity contribution in [1.29, 1.82) is 0 Å². The number of pyridine rings is 1. The van der Waals surface area contributed by atoms with Crippen molar-refractivity contribution in [3.05, 3.63) is 76.4 Å². The summed E-state index contributed by atoms with van der Waals surface area (Å²) in [6, 6.07) is 17.5. The molecule has 4 heterocycles. The van der Waals surface area contributed by atoms with E-state index < -0.39 is 0 Å². The van der Waals surface area contributed by atoms with Gasteiger partial charge in [-0.05, 0) is 40.2 Å². The summed E-state index contributed by atoms with van der Waals surface area (Å²) in [6.45, 7) is 2.76. The van der Waals surface area contributed by atoms with Crippen LogP contribution in [-0.2, 0) is 0 Å². The quantitative estimate of drug-likeness (QED) is 0.390. The highest BCUT2D eigenvalue weighted by Gasteiger charge is 2.28. The number of halogens is 1. The lowest BCUT2D eigenvalue weighted by atomic mass is 10.1. The summed E-state index contributed by atoms with van der Waals surface area (Å²) in [6.07, 6.45) is 3.42. The van der Waals surface area contributed by atoms with Gasteiger partial charge in [0.2, 0.25) is 0 Å². The summed E-state index contributed by atoms with van der Waals surface area (Å²) in [5.41, 5.74) is 1.64. The second-order valence-corrected chi connectivity index (χ2v) is 9.07. The summed E-state index contributed by atoms with van der Waals surface area (Å²) in [5.74, 6) is 1.61. The molecule has 0 bridgehead atoms. The molecule has 8 heteroatoms. The third kappa shape index (κ3) is 4.13. The van der Waals surface area contributed by atoms with E-state index in [0.717, 1.165) is 28.9 Å². The van der Waals surface area contributed by atoms with Crippen LogP contribution in [0.1, 0.15) is 9.67 Å². The molecule has 1 aromatic carbocycles. The number of carbonyl (C=O) groups excluding carboxylic acids is 1. The molecule has 0 atom stereocenters. The average molecular weight is 495 g/mol. The van der Waals surface area contributed by atoms with Crippen LogP contribution in [0.2, 0.25) is 0 Å². The Bertz CT molecular complexity index is 1170. The van der Waals surface area contributed by atoms with Crippen molar-refractivity contribution >= 4 is 39.0 Å². The molecule has 0 radical (unpaired) electrons. The molecule has 0 aliphatic carbocycles. The number of piperazine rings is 1. The Morgan fingerprint density at radius 1 is 1.00 bits per heavy atom. The van der Waals surface area contributed by atoms with Crippen molar-refractivity contribution in [3.8, 4) is 22.0 Å². The first-order valence-electron chi connectivity index (χ1n) is 9.95. The SMILES string of the molecule is O=C(c1sc(-c2ccco2)nc1-c1ccccc1)N1CCN(c2ccc(Br)cn2)CC1. The number of carbonyl (C=O) groups is 1. The van der Waals surface area contributed by atoms with Crippen molar-refractivity contribution in [3.63, 3.8) is 0 Å². The predicted octanol–water partition coefficient (Wildman–Crippen LogP) is 5.19. The lowest BCUT2D eigenvalue weighted by Crippen LogP contribution is -2.49. The van der Waals surface area contributed by atoms with Crippen molar-refractivity contribution in [2.75, 3.05) is 31.1 Å². The largest absolute Gasteiger partial charge is 0.462 e. The first kappa shape index (κ1) is 20.0. The summed E-state index contributed by atoms with van der Waals surface area (Å²) < 4.78 is 6.48. The first-order chi connectivity index (χ1) is 15.2. The number of rotatable bonds is 4. The molecule has 5 rings (SSSR count). The van der Waals surface area contributed by atoms with Crippen LogP contribution in [0, 0.1) is 0 Å². The van der Waals surface area contributed by atoms with Crippen LogP contribution in [0.15, 0.2) is 75.9 Å². The fourth-order valence-electron chi connectivity index (χ4n) is 3.60. The monoisotopic (exact) mass is 494 g/mol. The van der Waals surface area contributed by atoms with E-state index >= 15 is 0 Å². The minimum absolute atomic E-state index is 0.0116. The number of furan rings is 1. The Hall–Kier alpha value is -2.97. The van der Waals surface area contributed by atoms with Crippen LogP contribution in [0.5, 0.6) is 0 Å². The predicted molar refractivity (Wildman–Crippen MR) is 125 cm³/mol. The van der Waals surface area contributed by atoms with Crippen LogP contribution in [0.3, 0.4) is 0 Å². The Morgan fingerprint density at radius 2 is 1.81 bits per heavy atom. The fourth-order valence-corrected chi connectivity index (χ4v) is 4.86. The Balaban J connectivity index is 1.39. The van der Waals surface area contributed by atoms with Gasteiger partial charge in [0.1, 0.15) is 10.7 Å². The standard InChI is InChI=1S/C23H19BrN4O2S/c24-17-8-9-19(25-15-17)27-10-12-28(13-11-27)23(29)21-20(16-5-2-1-3-6-16)26-22(31-21)18-7-4-14-30-18/h1-9,14-15H,10-13H2. The van der Waals surface area contributed by atoms with Gasteiger partial charge in [0.15, 0.2) is 10.8 Å². The van der Waals surface area contributed by atoms with Gasteiger partial charge in [0, 0.05) is 42.4 Å². The van der Waals surface area contributed by atoms with Crippen LogP contribution < -0.4 is 4.90 Å². The molecule has 156 valence electrons. The summed E-state index contributed by atoms with van der Waals surface area (Å²) >= 11 is 4.81. The number of amides is 1. The van der Waals surface area contributed by atoms with E-state index in [1.807, 2.05) is 59.5 Å². The number of anilines is 1. The van der Waals surface area contributed by atoms with Crippen molar-refractivity contribution in [2.24, 2.45) is 0 Å². The minimum atomic E-state index is 0.0116. The smallest absolute Gasteiger partial charge is 0.266 e. The topological polar surface area (TPSA) is 62.5 Å². The van der Waals surface area contributed by atoms with Crippen molar-refractivity contribution in [1.82, 2.24) is 14.9 Å². The van der Waals surface area contributed by atoms with Crippen LogP contribution in [-0.4, -0.2) is 47.0 Å². The summed E-state index contributed by atoms with van der Waals surface area (Å²) in [5, 5.41) is 0.713. The fraction of sp³-hybridized carbons (Fsp3) is 0.174. The van der Waals surface area contributed by atoms with E-state index in [4.69, 9.17) is 9.40 Å². The van der Waals surface area contributed by atoms with E-state index in [1.54, 1.807) is 12.5 Å². The van der Waals surface area contributed by atoms with E-state index in [9.17, 15) is 4.79 Å². The second kappa shape index (κ2) is 8.64. The maximum absolute atomic E-state index is 13.5. The molecule has 1 aliphatic rings. The number of hydrogen-bond acceptors (Lipinski definition) is 6. The molecule has 0 spiro atoms. The number of aromatic nitrogens is 2. The maximum Gasteiger partial charge on any atom is 0.266 e. The van der Waals surface area contributed by atoms with Crippen molar-refractivity contribution < 1.29 is 9.21 Å². The molecular formula is C23H19BrN4O2S. The number of hydrogen-bond donors (Lipinski definition) is 0. The molecular weight excluding hydrogens is 476 g/mol. The molecule has 0 unspecified atom stereocenters. The number of thiazole rings is 1. The molecule has 4 aromatic rings. The lowest BCUT2D eigenvalue weighted by Gasteiger charge is -2.35. The molecule has 6 nitrogen and oxygen atoms in total. The molecule has 1 saturated heterocycles. The van der Waals surface area contributed by atoms with Crippen molar-refractivity contribution in [2.45, 2.75) is 0 Å². The number of nitrogens with zero attached hydrogens (tertiary/aromatic N) is 4. The normalized spacial score (nSPS) is 14.1. The Kier molecular flexibility index (Phi) is 5.57. The first-order valence-corrected chi connectivity index (χ1v) is 11.6. The van der Waals surface area contributed by atoms with Crippen LogP contribution >= 0.6 is 27.3 Å². The van der Waals surface area contributed by atoms with E-state index in [1.165, 1.54) is 11.3 Å². The zero-order valence-corrected chi connectivity index (χ0v) is 19.0. The second-order valence-electron chi connectivity index (χ2n) is 7.15. The minimum Gasteiger partial charge on any atom is -0.462 e. The van der Waals surface area contributed by atoms with Gasteiger partial charge in [-0.3, -0.25) is 4.79 Å². The van der Waals surface area contributed by atoms with Gasteiger partial charge in [0.05, 0.1) is 12.0 Å². The highest BCUT2D eigenvalue weighted by Crippen LogP contribution is 2.35. The average Bonchev–Trinajstić information content (AvgIpc) is 3.50. The van der Waals surface area contributed by atoms with E-state index in [-0.39, 0.29) is 5.91 Å². The zero-order chi connectivity index (χ0) is 21.2. The molecule has 0 N–H and O–H groups in total. The Labute approximate surface area is 192 Å². The summed E-state index contributed by atoms with van der Waals surface area (Å²) in [7, 11) is 0. The van der Waals surface area contributed by atoms with Gasteiger partial charge in [-0.2, -0.15) is 0 Å². The lowest BCUT2D eigenvalue weighted by molar-refractivity contribution is 0.0752. The molecule has 31 heavy (non-hydrogen) atoms. The highest BCUT2D eigenvalue weighted by atomic mass is 79.9. The number of benzene rings is 1. The molecule has 1 aliphatic heterocycles. The highest BCUT2D eigenvalue weighted by molar-refractivity contribution is 9.10. The molecule has 3 aromatic heterocycles. The van der Waals surface area contributed by atoms with E-state index in [0.29, 0.717) is 34.4 Å². The van der Waals surface area contributed by atoms with Gasteiger partial charge < -0.3 is 14.2 Å². The third-order valence-corrected chi connectivity index (χ3v) is 6.73. The molecule has 1 fully saturated rings. The maximum atomic E-state index is 13.5. The van der Waals surface area contributed by atoms with Gasteiger partial charge in [-0.25, -0.2) is 9.97 Å². The molecule has 1 amide bonds. The van der Waals surface area contributed by atoms with Gasteiger partial charge in [-0.15, -0.1) is 11.3 Å². The summed E-state index contributed by atoms with van der Waals surface area (Å²) in [4.78, 5) is 27.5.